The maximum atomic E-state index is 6.14. The average molecular weight is 267 g/mol. The van der Waals surface area contributed by atoms with Gasteiger partial charge in [0.2, 0.25) is 0 Å². The zero-order chi connectivity index (χ0) is 12.4. The van der Waals surface area contributed by atoms with Crippen molar-refractivity contribution in [3.63, 3.8) is 0 Å². The lowest BCUT2D eigenvalue weighted by Gasteiger charge is -2.14. The highest BCUT2D eigenvalue weighted by Crippen LogP contribution is 2.35. The lowest BCUT2D eigenvalue weighted by molar-refractivity contribution is 1.43. The number of rotatable bonds is 2. The summed E-state index contributed by atoms with van der Waals surface area (Å²) in [6, 6.07) is 11.1. The summed E-state index contributed by atoms with van der Waals surface area (Å²) in [6.45, 7) is 1.97. The van der Waals surface area contributed by atoms with Gasteiger partial charge in [-0.1, -0.05) is 41.4 Å². The Labute approximate surface area is 110 Å². The van der Waals surface area contributed by atoms with Crippen LogP contribution < -0.4 is 11.1 Å². The minimum atomic E-state index is 0.573. The second-order valence-corrected chi connectivity index (χ2v) is 4.58. The van der Waals surface area contributed by atoms with Crippen LogP contribution in [-0.4, -0.2) is 0 Å². The predicted octanol–water partition coefficient (Wildman–Crippen LogP) is 4.63. The maximum absolute atomic E-state index is 6.14. The van der Waals surface area contributed by atoms with E-state index in [4.69, 9.17) is 28.9 Å². The second-order valence-electron chi connectivity index (χ2n) is 3.76. The van der Waals surface area contributed by atoms with Gasteiger partial charge >= 0.3 is 0 Å². The highest BCUT2D eigenvalue weighted by molar-refractivity contribution is 6.35. The van der Waals surface area contributed by atoms with E-state index in [9.17, 15) is 0 Å². The summed E-state index contributed by atoms with van der Waals surface area (Å²) >= 11 is 12.2. The summed E-state index contributed by atoms with van der Waals surface area (Å²) in [7, 11) is 0. The molecule has 0 amide bonds. The van der Waals surface area contributed by atoms with E-state index >= 15 is 0 Å². The van der Waals surface area contributed by atoms with Gasteiger partial charge in [-0.05, 0) is 30.7 Å². The smallest absolute Gasteiger partial charge is 0.0807 e. The molecule has 0 aliphatic rings. The number of halogens is 2. The maximum Gasteiger partial charge on any atom is 0.0807 e. The summed E-state index contributed by atoms with van der Waals surface area (Å²) in [5.74, 6) is 0. The summed E-state index contributed by atoms with van der Waals surface area (Å²) < 4.78 is 0. The molecule has 2 aromatic carbocycles. The molecule has 0 radical (unpaired) electrons. The Kier molecular flexibility index (Phi) is 3.46. The normalized spacial score (nSPS) is 10.3. The van der Waals surface area contributed by atoms with Gasteiger partial charge in [-0.15, -0.1) is 0 Å². The Morgan fingerprint density at radius 3 is 2.12 bits per heavy atom. The van der Waals surface area contributed by atoms with Crippen LogP contribution in [0.15, 0.2) is 36.4 Å². The largest absolute Gasteiger partial charge is 0.397 e. The van der Waals surface area contributed by atoms with Crippen LogP contribution in [0.3, 0.4) is 0 Å². The van der Waals surface area contributed by atoms with E-state index in [1.165, 1.54) is 0 Å². The van der Waals surface area contributed by atoms with Crippen LogP contribution in [0.1, 0.15) is 5.56 Å². The monoisotopic (exact) mass is 266 g/mol. The summed E-state index contributed by atoms with van der Waals surface area (Å²) in [5, 5.41) is 4.40. The van der Waals surface area contributed by atoms with E-state index < -0.39 is 0 Å². The summed E-state index contributed by atoms with van der Waals surface area (Å²) in [5.41, 5.74) is 9.03. The summed E-state index contributed by atoms with van der Waals surface area (Å²) in [4.78, 5) is 0. The van der Waals surface area contributed by atoms with Crippen LogP contribution >= 0.6 is 23.2 Å². The first-order valence-corrected chi connectivity index (χ1v) is 5.91. The van der Waals surface area contributed by atoms with Crippen molar-refractivity contribution in [2.24, 2.45) is 0 Å². The number of nitrogen functional groups attached to an aromatic ring is 1. The molecule has 2 rings (SSSR count). The highest BCUT2D eigenvalue weighted by Gasteiger charge is 2.08. The van der Waals surface area contributed by atoms with E-state index in [1.807, 2.05) is 31.2 Å². The van der Waals surface area contributed by atoms with Crippen molar-refractivity contribution in [1.29, 1.82) is 0 Å². The third-order valence-corrected chi connectivity index (χ3v) is 3.15. The van der Waals surface area contributed by atoms with Crippen LogP contribution in [0.2, 0.25) is 10.0 Å². The SMILES string of the molecule is Cc1cccc(Cl)c1Nc1c(N)cccc1Cl. The Balaban J connectivity index is 2.45. The van der Waals surface area contributed by atoms with Crippen LogP contribution in [0.25, 0.3) is 0 Å². The molecular formula is C13H12Cl2N2. The Morgan fingerprint density at radius 2 is 1.53 bits per heavy atom. The van der Waals surface area contributed by atoms with Gasteiger partial charge in [0.1, 0.15) is 0 Å². The van der Waals surface area contributed by atoms with E-state index in [0.29, 0.717) is 21.4 Å². The van der Waals surface area contributed by atoms with Crippen molar-refractivity contribution in [3.8, 4) is 0 Å². The van der Waals surface area contributed by atoms with Gasteiger partial charge in [0.05, 0.1) is 27.1 Å². The molecule has 3 N–H and O–H groups in total. The molecule has 0 aliphatic carbocycles. The van der Waals surface area contributed by atoms with E-state index in [1.54, 1.807) is 12.1 Å². The number of nitrogens with one attached hydrogen (secondary N) is 1. The molecule has 17 heavy (non-hydrogen) atoms. The van der Waals surface area contributed by atoms with Crippen LogP contribution in [0.5, 0.6) is 0 Å². The van der Waals surface area contributed by atoms with Crippen molar-refractivity contribution in [3.05, 3.63) is 52.0 Å². The topological polar surface area (TPSA) is 38.0 Å². The molecule has 0 atom stereocenters. The number of anilines is 3. The fourth-order valence-corrected chi connectivity index (χ4v) is 2.09. The van der Waals surface area contributed by atoms with E-state index in [0.717, 1.165) is 11.3 Å². The Hall–Kier alpha value is -1.38. The summed E-state index contributed by atoms with van der Waals surface area (Å²) in [6.07, 6.45) is 0. The predicted molar refractivity (Wildman–Crippen MR) is 75.3 cm³/mol. The zero-order valence-electron chi connectivity index (χ0n) is 9.30. The number of para-hydroxylation sites is 2. The highest BCUT2D eigenvalue weighted by atomic mass is 35.5. The van der Waals surface area contributed by atoms with Crippen molar-refractivity contribution in [2.45, 2.75) is 6.92 Å². The van der Waals surface area contributed by atoms with Gasteiger partial charge in [0.15, 0.2) is 0 Å². The lowest BCUT2D eigenvalue weighted by atomic mass is 10.2. The second kappa shape index (κ2) is 4.86. The third kappa shape index (κ3) is 2.48. The zero-order valence-corrected chi connectivity index (χ0v) is 10.8. The molecule has 2 nitrogen and oxygen atoms in total. The van der Waals surface area contributed by atoms with Gasteiger partial charge in [-0.2, -0.15) is 0 Å². The Morgan fingerprint density at radius 1 is 0.941 bits per heavy atom. The van der Waals surface area contributed by atoms with Gasteiger partial charge in [-0.25, -0.2) is 0 Å². The molecule has 0 spiro atoms. The number of hydrogen-bond acceptors (Lipinski definition) is 2. The van der Waals surface area contributed by atoms with Crippen LogP contribution in [0.4, 0.5) is 17.1 Å². The van der Waals surface area contributed by atoms with Crippen molar-refractivity contribution in [2.75, 3.05) is 11.1 Å². The molecule has 0 saturated heterocycles. The minimum Gasteiger partial charge on any atom is -0.397 e. The Bertz CT molecular complexity index is 463. The average Bonchev–Trinajstić information content (AvgIpc) is 2.27. The van der Waals surface area contributed by atoms with E-state index in [2.05, 4.69) is 5.32 Å². The molecule has 0 fully saturated rings. The van der Waals surface area contributed by atoms with Gasteiger partial charge < -0.3 is 11.1 Å². The molecule has 2 aromatic rings. The first-order valence-electron chi connectivity index (χ1n) is 5.15. The standard InChI is InChI=1S/C13H12Cl2N2/c1-8-4-2-5-9(14)12(8)17-13-10(15)6-3-7-11(13)16/h2-7,17H,16H2,1H3. The molecule has 0 unspecified atom stereocenters. The molecule has 0 bridgehead atoms. The lowest BCUT2D eigenvalue weighted by Crippen LogP contribution is -1.99. The quantitative estimate of drug-likeness (QED) is 0.778. The number of nitrogens with two attached hydrogens (primary N) is 1. The first kappa shape index (κ1) is 12.1. The molecule has 0 heterocycles. The number of aryl methyl sites for hydroxylation is 1. The first-order chi connectivity index (χ1) is 8.09. The molecule has 88 valence electrons. The molecule has 0 aromatic heterocycles. The van der Waals surface area contributed by atoms with Crippen LogP contribution in [-0.2, 0) is 0 Å². The van der Waals surface area contributed by atoms with Gasteiger partial charge in [0.25, 0.3) is 0 Å². The van der Waals surface area contributed by atoms with Crippen molar-refractivity contribution in [1.82, 2.24) is 0 Å². The van der Waals surface area contributed by atoms with Gasteiger partial charge in [-0.3, -0.25) is 0 Å². The molecular weight excluding hydrogens is 255 g/mol. The third-order valence-electron chi connectivity index (χ3n) is 2.52. The van der Waals surface area contributed by atoms with Crippen molar-refractivity contribution < 1.29 is 0 Å². The molecule has 4 heteroatoms. The minimum absolute atomic E-state index is 0.573. The van der Waals surface area contributed by atoms with Crippen LogP contribution in [0, 0.1) is 6.92 Å². The number of hydrogen-bond donors (Lipinski definition) is 2. The fourth-order valence-electron chi connectivity index (χ4n) is 1.59. The number of benzene rings is 2. The molecule has 0 saturated carbocycles. The van der Waals surface area contributed by atoms with Gasteiger partial charge in [0, 0.05) is 0 Å². The fraction of sp³-hybridized carbons (Fsp3) is 0.0769. The van der Waals surface area contributed by atoms with E-state index in [-0.39, 0.29) is 0 Å². The molecule has 0 aliphatic heterocycles. The van der Waals surface area contributed by atoms with Crippen molar-refractivity contribution >= 4 is 40.3 Å².